The van der Waals surface area contributed by atoms with Crippen molar-refractivity contribution in [1.82, 2.24) is 9.78 Å². The Morgan fingerprint density at radius 3 is 2.74 bits per heavy atom. The van der Waals surface area contributed by atoms with Crippen molar-refractivity contribution >= 4 is 17.6 Å². The van der Waals surface area contributed by atoms with Crippen LogP contribution in [0.4, 0.5) is 5.69 Å². The highest BCUT2D eigenvalue weighted by Gasteiger charge is 2.08. The summed E-state index contributed by atoms with van der Waals surface area (Å²) in [5, 5.41) is 6.65. The first kappa shape index (κ1) is 12.8. The highest BCUT2D eigenvalue weighted by atomic mass is 16.5. The van der Waals surface area contributed by atoms with Crippen LogP contribution in [-0.2, 0) is 16.1 Å². The molecule has 0 saturated heterocycles. The van der Waals surface area contributed by atoms with Gasteiger partial charge in [-0.15, -0.1) is 0 Å². The lowest BCUT2D eigenvalue weighted by Crippen LogP contribution is -2.12. The Morgan fingerprint density at radius 2 is 2.05 bits per heavy atom. The zero-order chi connectivity index (χ0) is 13.7. The van der Waals surface area contributed by atoms with Gasteiger partial charge in [0.15, 0.2) is 0 Å². The minimum absolute atomic E-state index is 0.0116. The molecule has 6 nitrogen and oxygen atoms in total. The molecule has 2 rings (SSSR count). The summed E-state index contributed by atoms with van der Waals surface area (Å²) in [4.78, 5) is 22.9. The van der Waals surface area contributed by atoms with Crippen molar-refractivity contribution < 1.29 is 14.3 Å². The minimum atomic E-state index is -0.399. The topological polar surface area (TPSA) is 73.2 Å². The largest absolute Gasteiger partial charge is 0.468 e. The van der Waals surface area contributed by atoms with Crippen LogP contribution in [0.1, 0.15) is 10.4 Å². The van der Waals surface area contributed by atoms with Crippen molar-refractivity contribution in [3.05, 3.63) is 48.3 Å². The van der Waals surface area contributed by atoms with E-state index in [1.165, 1.54) is 18.0 Å². The molecule has 1 aromatic heterocycles. The standard InChI is InChI=1S/C13H13N3O3/c1-19-12(17)9-16-8-11(7-14-16)15-13(18)10-5-3-2-4-6-10/h2-8H,9H2,1H3,(H,15,18). The number of esters is 1. The number of nitrogens with one attached hydrogen (secondary N) is 1. The van der Waals surface area contributed by atoms with Gasteiger partial charge in [-0.1, -0.05) is 18.2 Å². The van der Waals surface area contributed by atoms with Crippen LogP contribution < -0.4 is 5.32 Å². The van der Waals surface area contributed by atoms with Gasteiger partial charge in [0, 0.05) is 11.8 Å². The van der Waals surface area contributed by atoms with E-state index in [2.05, 4.69) is 15.2 Å². The fourth-order valence-electron chi connectivity index (χ4n) is 1.50. The van der Waals surface area contributed by atoms with Crippen LogP contribution in [0.2, 0.25) is 0 Å². The van der Waals surface area contributed by atoms with Gasteiger partial charge in [0.05, 0.1) is 19.0 Å². The number of methoxy groups -OCH3 is 1. The lowest BCUT2D eigenvalue weighted by Gasteiger charge is -2.01. The van der Waals surface area contributed by atoms with E-state index >= 15 is 0 Å². The molecule has 19 heavy (non-hydrogen) atoms. The van der Waals surface area contributed by atoms with E-state index in [4.69, 9.17) is 0 Å². The second-order valence-electron chi connectivity index (χ2n) is 3.82. The SMILES string of the molecule is COC(=O)Cn1cc(NC(=O)c2ccccc2)cn1. The van der Waals surface area contributed by atoms with E-state index in [1.54, 1.807) is 30.5 Å². The highest BCUT2D eigenvalue weighted by Crippen LogP contribution is 2.08. The first-order chi connectivity index (χ1) is 9.19. The number of aromatic nitrogens is 2. The number of carbonyl (C=O) groups excluding carboxylic acids is 2. The van der Waals surface area contributed by atoms with Crippen LogP contribution in [-0.4, -0.2) is 28.8 Å². The Kier molecular flexibility index (Phi) is 3.92. The summed E-state index contributed by atoms with van der Waals surface area (Å²) in [5.74, 6) is -0.623. The van der Waals surface area contributed by atoms with Crippen LogP contribution in [0.15, 0.2) is 42.7 Å². The third-order valence-electron chi connectivity index (χ3n) is 2.45. The van der Waals surface area contributed by atoms with Crippen molar-refractivity contribution in [3.8, 4) is 0 Å². The Labute approximate surface area is 110 Å². The van der Waals surface area contributed by atoms with E-state index in [0.29, 0.717) is 11.3 Å². The molecule has 1 heterocycles. The maximum Gasteiger partial charge on any atom is 0.327 e. The molecule has 0 radical (unpaired) electrons. The Hall–Kier alpha value is -2.63. The van der Waals surface area contributed by atoms with E-state index in [9.17, 15) is 9.59 Å². The maximum atomic E-state index is 11.9. The minimum Gasteiger partial charge on any atom is -0.468 e. The van der Waals surface area contributed by atoms with Crippen molar-refractivity contribution in [2.75, 3.05) is 12.4 Å². The molecule has 1 aromatic carbocycles. The molecular weight excluding hydrogens is 246 g/mol. The predicted octanol–water partition coefficient (Wildman–Crippen LogP) is 1.31. The quantitative estimate of drug-likeness (QED) is 0.840. The molecule has 0 aliphatic heterocycles. The van der Waals surface area contributed by atoms with Gasteiger partial charge < -0.3 is 10.1 Å². The molecule has 2 aromatic rings. The van der Waals surface area contributed by atoms with E-state index in [1.807, 2.05) is 6.07 Å². The molecule has 0 aliphatic rings. The third-order valence-corrected chi connectivity index (χ3v) is 2.45. The highest BCUT2D eigenvalue weighted by molar-refractivity contribution is 6.04. The van der Waals surface area contributed by atoms with Crippen LogP contribution >= 0.6 is 0 Å². The summed E-state index contributed by atoms with van der Waals surface area (Å²) < 4.78 is 5.92. The van der Waals surface area contributed by atoms with E-state index in [-0.39, 0.29) is 12.5 Å². The Morgan fingerprint density at radius 1 is 1.32 bits per heavy atom. The normalized spacial score (nSPS) is 9.95. The van der Waals surface area contributed by atoms with E-state index in [0.717, 1.165) is 0 Å². The average molecular weight is 259 g/mol. The second kappa shape index (κ2) is 5.81. The van der Waals surface area contributed by atoms with Gasteiger partial charge in [0.1, 0.15) is 6.54 Å². The van der Waals surface area contributed by atoms with Crippen molar-refractivity contribution in [1.29, 1.82) is 0 Å². The second-order valence-corrected chi connectivity index (χ2v) is 3.82. The number of anilines is 1. The van der Waals surface area contributed by atoms with Crippen LogP contribution in [0.5, 0.6) is 0 Å². The number of rotatable bonds is 4. The summed E-state index contributed by atoms with van der Waals surface area (Å²) in [6.07, 6.45) is 3.04. The number of hydrogen-bond donors (Lipinski definition) is 1. The molecule has 0 unspecified atom stereocenters. The molecule has 1 N–H and O–H groups in total. The Bertz CT molecular complexity index is 578. The maximum absolute atomic E-state index is 11.9. The molecule has 0 aliphatic carbocycles. The van der Waals surface area contributed by atoms with Gasteiger partial charge in [-0.3, -0.25) is 14.3 Å². The number of ether oxygens (including phenoxy) is 1. The number of carbonyl (C=O) groups is 2. The number of amides is 1. The molecule has 0 fully saturated rings. The lowest BCUT2D eigenvalue weighted by atomic mass is 10.2. The Balaban J connectivity index is 2.00. The van der Waals surface area contributed by atoms with E-state index < -0.39 is 5.97 Å². The summed E-state index contributed by atoms with van der Waals surface area (Å²) >= 11 is 0. The molecule has 98 valence electrons. The summed E-state index contributed by atoms with van der Waals surface area (Å²) in [6.45, 7) is 0.0116. The van der Waals surface area contributed by atoms with Crippen LogP contribution in [0, 0.1) is 0 Å². The summed E-state index contributed by atoms with van der Waals surface area (Å²) in [6, 6.07) is 8.85. The van der Waals surface area contributed by atoms with Crippen LogP contribution in [0.25, 0.3) is 0 Å². The molecule has 6 heteroatoms. The summed E-state index contributed by atoms with van der Waals surface area (Å²) in [7, 11) is 1.31. The monoisotopic (exact) mass is 259 g/mol. The number of nitrogens with zero attached hydrogens (tertiary/aromatic N) is 2. The van der Waals surface area contributed by atoms with Gasteiger partial charge >= 0.3 is 5.97 Å². The molecule has 0 bridgehead atoms. The zero-order valence-corrected chi connectivity index (χ0v) is 10.4. The smallest absolute Gasteiger partial charge is 0.327 e. The molecule has 0 spiro atoms. The van der Waals surface area contributed by atoms with Gasteiger partial charge in [0.25, 0.3) is 5.91 Å². The van der Waals surface area contributed by atoms with Crippen molar-refractivity contribution in [2.45, 2.75) is 6.54 Å². The molecule has 0 saturated carbocycles. The van der Waals surface area contributed by atoms with Crippen molar-refractivity contribution in [2.24, 2.45) is 0 Å². The summed E-state index contributed by atoms with van der Waals surface area (Å²) in [5.41, 5.74) is 1.08. The van der Waals surface area contributed by atoms with Gasteiger partial charge in [-0.2, -0.15) is 5.10 Å². The van der Waals surface area contributed by atoms with Gasteiger partial charge in [0.2, 0.25) is 0 Å². The zero-order valence-electron chi connectivity index (χ0n) is 10.4. The number of hydrogen-bond acceptors (Lipinski definition) is 4. The first-order valence-corrected chi connectivity index (χ1v) is 5.64. The van der Waals surface area contributed by atoms with Gasteiger partial charge in [-0.25, -0.2) is 0 Å². The fourth-order valence-corrected chi connectivity index (χ4v) is 1.50. The first-order valence-electron chi connectivity index (χ1n) is 5.64. The van der Waals surface area contributed by atoms with Gasteiger partial charge in [-0.05, 0) is 12.1 Å². The number of benzene rings is 1. The fraction of sp³-hybridized carbons (Fsp3) is 0.154. The molecule has 1 amide bonds. The average Bonchev–Trinajstić information content (AvgIpc) is 2.86. The molecular formula is C13H13N3O3. The van der Waals surface area contributed by atoms with Crippen LogP contribution in [0.3, 0.4) is 0 Å². The molecule has 0 atom stereocenters. The van der Waals surface area contributed by atoms with Crippen molar-refractivity contribution in [3.63, 3.8) is 0 Å². The predicted molar refractivity (Wildman–Crippen MR) is 68.6 cm³/mol. The third kappa shape index (κ3) is 3.41. The lowest BCUT2D eigenvalue weighted by molar-refractivity contribution is -0.141.